The maximum absolute atomic E-state index is 12.7. The van der Waals surface area contributed by atoms with Crippen molar-refractivity contribution in [3.05, 3.63) is 23.2 Å². The van der Waals surface area contributed by atoms with Gasteiger partial charge in [0.15, 0.2) is 6.10 Å². The molecule has 1 fully saturated rings. The van der Waals surface area contributed by atoms with Gasteiger partial charge >= 0.3 is 5.97 Å². The van der Waals surface area contributed by atoms with Gasteiger partial charge in [-0.05, 0) is 38.0 Å². The Kier molecular flexibility index (Phi) is 9.47. The van der Waals surface area contributed by atoms with Gasteiger partial charge in [0, 0.05) is 26.1 Å². The second-order valence-electron chi connectivity index (χ2n) is 7.48. The summed E-state index contributed by atoms with van der Waals surface area (Å²) in [5, 5.41) is 2.66. The number of ether oxygens (including phenoxy) is 1. The number of nitrogens with one attached hydrogen (secondary N) is 1. The standard InChI is InChI=1S/C21H30ClN3O6S/c1-4-25(5-2)32(29,30)16-10-11-17(22)18(13-16)23-21(28)15(3)31-20(27)14-24-12-8-6-7-9-19(24)26/h10-11,13,15H,4-9,12,14H2,1-3H3,(H,23,28). The van der Waals surface area contributed by atoms with Crippen LogP contribution in [0, 0.1) is 0 Å². The zero-order chi connectivity index (χ0) is 23.9. The van der Waals surface area contributed by atoms with E-state index in [1.165, 1.54) is 34.3 Å². The monoisotopic (exact) mass is 487 g/mol. The minimum Gasteiger partial charge on any atom is -0.451 e. The van der Waals surface area contributed by atoms with Gasteiger partial charge in [0.25, 0.3) is 5.91 Å². The molecule has 1 atom stereocenters. The van der Waals surface area contributed by atoms with E-state index >= 15 is 0 Å². The molecule has 0 aromatic heterocycles. The van der Waals surface area contributed by atoms with E-state index in [1.54, 1.807) is 13.8 Å². The molecular weight excluding hydrogens is 458 g/mol. The highest BCUT2D eigenvalue weighted by atomic mass is 35.5. The van der Waals surface area contributed by atoms with Crippen LogP contribution < -0.4 is 5.32 Å². The fraction of sp³-hybridized carbons (Fsp3) is 0.571. The van der Waals surface area contributed by atoms with Crippen LogP contribution >= 0.6 is 11.6 Å². The first-order valence-electron chi connectivity index (χ1n) is 10.7. The number of benzene rings is 1. The molecule has 9 nitrogen and oxygen atoms in total. The molecule has 1 heterocycles. The van der Waals surface area contributed by atoms with Crippen molar-refractivity contribution < 1.29 is 27.5 Å². The van der Waals surface area contributed by atoms with Gasteiger partial charge in [-0.2, -0.15) is 4.31 Å². The van der Waals surface area contributed by atoms with E-state index in [1.807, 2.05) is 0 Å². The van der Waals surface area contributed by atoms with Crippen LogP contribution in [0.3, 0.4) is 0 Å². The first kappa shape index (κ1) is 26.1. The first-order valence-corrected chi connectivity index (χ1v) is 12.5. The second-order valence-corrected chi connectivity index (χ2v) is 9.82. The number of halogens is 1. The summed E-state index contributed by atoms with van der Waals surface area (Å²) in [7, 11) is -3.74. The smallest absolute Gasteiger partial charge is 0.326 e. The van der Waals surface area contributed by atoms with Crippen LogP contribution in [0.4, 0.5) is 5.69 Å². The normalized spacial score (nSPS) is 15.9. The number of esters is 1. The molecule has 2 amide bonds. The molecule has 0 bridgehead atoms. The highest BCUT2D eigenvalue weighted by molar-refractivity contribution is 7.89. The van der Waals surface area contributed by atoms with Gasteiger partial charge in [0.2, 0.25) is 15.9 Å². The van der Waals surface area contributed by atoms with E-state index in [0.717, 1.165) is 19.3 Å². The number of likely N-dealkylation sites (tertiary alicyclic amines) is 1. The molecule has 1 aromatic rings. The van der Waals surface area contributed by atoms with Crippen LogP contribution in [0.2, 0.25) is 5.02 Å². The Labute approximate surface area is 194 Å². The minimum atomic E-state index is -3.74. The summed E-state index contributed by atoms with van der Waals surface area (Å²) in [6.45, 7) is 5.73. The topological polar surface area (TPSA) is 113 Å². The third-order valence-corrected chi connectivity index (χ3v) is 7.58. The van der Waals surface area contributed by atoms with Gasteiger partial charge in [-0.1, -0.05) is 31.9 Å². The molecule has 1 aliphatic heterocycles. The molecule has 11 heteroatoms. The van der Waals surface area contributed by atoms with Crippen LogP contribution in [0.15, 0.2) is 23.1 Å². The Morgan fingerprint density at radius 2 is 1.91 bits per heavy atom. The van der Waals surface area contributed by atoms with Gasteiger partial charge in [0.05, 0.1) is 15.6 Å². The predicted octanol–water partition coefficient (Wildman–Crippen LogP) is 2.64. The van der Waals surface area contributed by atoms with Crippen LogP contribution in [0.1, 0.15) is 46.5 Å². The third kappa shape index (κ3) is 6.66. The Morgan fingerprint density at radius 3 is 2.56 bits per heavy atom. The largest absolute Gasteiger partial charge is 0.451 e. The number of rotatable bonds is 9. The van der Waals surface area contributed by atoms with Gasteiger partial charge in [-0.15, -0.1) is 0 Å². The molecule has 178 valence electrons. The lowest BCUT2D eigenvalue weighted by Gasteiger charge is -2.21. The summed E-state index contributed by atoms with van der Waals surface area (Å²) in [6.07, 6.45) is 1.78. The zero-order valence-electron chi connectivity index (χ0n) is 18.6. The quantitative estimate of drug-likeness (QED) is 0.536. The SMILES string of the molecule is CCN(CC)S(=O)(=O)c1ccc(Cl)c(NC(=O)C(C)OC(=O)CN2CCCCCC2=O)c1. The van der Waals surface area contributed by atoms with Gasteiger partial charge < -0.3 is 15.0 Å². The van der Waals surface area contributed by atoms with Crippen LogP contribution in [-0.4, -0.2) is 67.7 Å². The number of amides is 2. The van der Waals surface area contributed by atoms with Crippen molar-refractivity contribution in [1.29, 1.82) is 0 Å². The molecular formula is C21H30ClN3O6S. The van der Waals surface area contributed by atoms with Crippen LogP contribution in [-0.2, 0) is 29.1 Å². The highest BCUT2D eigenvalue weighted by Gasteiger charge is 2.25. The number of carbonyl (C=O) groups is 3. The molecule has 1 aliphatic rings. The molecule has 32 heavy (non-hydrogen) atoms. The average Bonchev–Trinajstić information content (AvgIpc) is 2.94. The van der Waals surface area contributed by atoms with E-state index < -0.39 is 28.0 Å². The molecule has 0 radical (unpaired) electrons. The molecule has 0 spiro atoms. The molecule has 1 aromatic carbocycles. The van der Waals surface area contributed by atoms with E-state index in [9.17, 15) is 22.8 Å². The molecule has 1 saturated heterocycles. The fourth-order valence-electron chi connectivity index (χ4n) is 3.36. The Morgan fingerprint density at radius 1 is 1.22 bits per heavy atom. The highest BCUT2D eigenvalue weighted by Crippen LogP contribution is 2.27. The molecule has 2 rings (SSSR count). The number of sulfonamides is 1. The Bertz CT molecular complexity index is 949. The minimum absolute atomic E-state index is 0.00905. The number of nitrogens with zero attached hydrogens (tertiary/aromatic N) is 2. The summed E-state index contributed by atoms with van der Waals surface area (Å²) in [4.78, 5) is 38.2. The van der Waals surface area contributed by atoms with Crippen molar-refractivity contribution in [2.24, 2.45) is 0 Å². The maximum atomic E-state index is 12.7. The van der Waals surface area contributed by atoms with Crippen molar-refractivity contribution >= 4 is 45.1 Å². The second kappa shape index (κ2) is 11.6. The number of anilines is 1. The first-order chi connectivity index (χ1) is 15.1. The van der Waals surface area contributed by atoms with Crippen molar-refractivity contribution in [2.45, 2.75) is 57.5 Å². The lowest BCUT2D eigenvalue weighted by atomic mass is 10.2. The van der Waals surface area contributed by atoms with Crippen molar-refractivity contribution in [2.75, 3.05) is 31.5 Å². The summed E-state index contributed by atoms with van der Waals surface area (Å²) in [5.41, 5.74) is 0.0930. The lowest BCUT2D eigenvalue weighted by Crippen LogP contribution is -2.38. The lowest BCUT2D eigenvalue weighted by molar-refractivity contribution is -0.156. The summed E-state index contributed by atoms with van der Waals surface area (Å²) >= 11 is 6.13. The van der Waals surface area contributed by atoms with E-state index in [2.05, 4.69) is 5.32 Å². The maximum Gasteiger partial charge on any atom is 0.326 e. The van der Waals surface area contributed by atoms with E-state index in [-0.39, 0.29) is 28.1 Å². The molecule has 0 aliphatic carbocycles. The summed E-state index contributed by atoms with van der Waals surface area (Å²) in [5.74, 6) is -1.46. The van der Waals surface area contributed by atoms with Crippen LogP contribution in [0.25, 0.3) is 0 Å². The Hall–Kier alpha value is -2.17. The summed E-state index contributed by atoms with van der Waals surface area (Å²) in [6, 6.07) is 4.03. The van der Waals surface area contributed by atoms with Gasteiger partial charge in [-0.25, -0.2) is 8.42 Å². The zero-order valence-corrected chi connectivity index (χ0v) is 20.2. The fourth-order valence-corrected chi connectivity index (χ4v) is 5.01. The Balaban J connectivity index is 2.05. The van der Waals surface area contributed by atoms with Gasteiger partial charge in [-0.3, -0.25) is 14.4 Å². The number of hydrogen-bond acceptors (Lipinski definition) is 6. The van der Waals surface area contributed by atoms with Crippen molar-refractivity contribution in [1.82, 2.24) is 9.21 Å². The van der Waals surface area contributed by atoms with Crippen LogP contribution in [0.5, 0.6) is 0 Å². The molecule has 0 saturated carbocycles. The number of carbonyl (C=O) groups excluding carboxylic acids is 3. The summed E-state index contributed by atoms with van der Waals surface area (Å²) < 4.78 is 31.9. The average molecular weight is 488 g/mol. The van der Waals surface area contributed by atoms with E-state index in [0.29, 0.717) is 26.1 Å². The van der Waals surface area contributed by atoms with Crippen molar-refractivity contribution in [3.8, 4) is 0 Å². The van der Waals surface area contributed by atoms with Crippen molar-refractivity contribution in [3.63, 3.8) is 0 Å². The molecule has 1 N–H and O–H groups in total. The molecule has 1 unspecified atom stereocenters. The predicted molar refractivity (Wildman–Crippen MR) is 121 cm³/mol. The third-order valence-electron chi connectivity index (χ3n) is 5.21. The number of hydrogen-bond donors (Lipinski definition) is 1. The van der Waals surface area contributed by atoms with E-state index in [4.69, 9.17) is 16.3 Å². The van der Waals surface area contributed by atoms with Gasteiger partial charge in [0.1, 0.15) is 6.54 Å².